The van der Waals surface area contributed by atoms with Gasteiger partial charge in [0.05, 0.1) is 88.4 Å². The van der Waals surface area contributed by atoms with Gasteiger partial charge >= 0.3 is 18.0 Å². The summed E-state index contributed by atoms with van der Waals surface area (Å²) in [5.41, 5.74) is 11.8. The molecule has 646 valence electrons. The Balaban J connectivity index is 0.000000136. The van der Waals surface area contributed by atoms with Crippen molar-refractivity contribution in [1.82, 2.24) is 74.5 Å². The van der Waals surface area contributed by atoms with Gasteiger partial charge in [0.25, 0.3) is 0 Å². The molecule has 29 nitrogen and oxygen atoms in total. The Kier molecular flexibility index (Phi) is 27.3. The van der Waals surface area contributed by atoms with E-state index >= 15 is 4.39 Å². The molecule has 14 heterocycles. The van der Waals surface area contributed by atoms with E-state index in [0.29, 0.717) is 142 Å². The number of rotatable bonds is 23. The van der Waals surface area contributed by atoms with Gasteiger partial charge in [-0.1, -0.05) is 69.3 Å². The first-order valence-electron chi connectivity index (χ1n) is 44.0. The number of phenolic OH excluding ortho intramolecular Hbond substituents is 2. The number of aromatic amines is 1. The highest BCUT2D eigenvalue weighted by Gasteiger charge is 2.35. The fourth-order valence-electron chi connectivity index (χ4n) is 18.7. The number of nitrogens with one attached hydrogen (secondary N) is 1. The lowest BCUT2D eigenvalue weighted by Gasteiger charge is -2.38. The van der Waals surface area contributed by atoms with Crippen molar-refractivity contribution in [2.45, 2.75) is 123 Å². The van der Waals surface area contributed by atoms with Crippen LogP contribution < -0.4 is 43.6 Å². The number of ether oxygens (including phenoxy) is 3. The summed E-state index contributed by atoms with van der Waals surface area (Å²) in [6.07, 6.45) is 21.7. The second-order valence-electron chi connectivity index (χ2n) is 33.2. The van der Waals surface area contributed by atoms with E-state index in [1.807, 2.05) is 58.2 Å². The highest BCUT2D eigenvalue weighted by molar-refractivity contribution is 7.18. The van der Waals surface area contributed by atoms with Crippen LogP contribution in [0.5, 0.6) is 29.5 Å². The minimum atomic E-state index is -0.622. The number of benzene rings is 4. The van der Waals surface area contributed by atoms with E-state index in [2.05, 4.69) is 88.2 Å². The SMILES string of the molecule is C=CC(=O)N1CCN(c2nc(OCCCN3CCCCC3)nc3c2CCN(c2c(F)c(O)cc4ccccc24)C3)CC1.C=CC(=O)N1CCN(c2nc(OCCCN3CCCCC3)nc3c2CCN(c2cc(O)cc4sc(C)nc24)C3)CC1.C=CC(=O)N1CCN(c2nc(OCCN3CCCCC3)nc3c2CCN(c2c(C)ccc4[nH]ncc24)C3)CC1. The molecule has 0 radical (unpaired) electrons. The Morgan fingerprint density at radius 2 is 0.918 bits per heavy atom. The minimum absolute atomic E-state index is 0.0134. The van der Waals surface area contributed by atoms with Gasteiger partial charge in [-0.3, -0.25) is 24.4 Å². The summed E-state index contributed by atoms with van der Waals surface area (Å²) in [5.74, 6) is 1.86. The Morgan fingerprint density at radius 3 is 1.40 bits per heavy atom. The third kappa shape index (κ3) is 19.7. The number of piperidine rings is 3. The molecule has 4 aromatic carbocycles. The topological polar surface area (TPSA) is 277 Å². The van der Waals surface area contributed by atoms with E-state index < -0.39 is 5.82 Å². The van der Waals surface area contributed by atoms with Crippen LogP contribution in [0.4, 0.5) is 38.9 Å². The normalized spacial score (nSPS) is 18.0. The molecule has 3 amide bonds. The third-order valence-electron chi connectivity index (χ3n) is 25.2. The largest absolute Gasteiger partial charge is 0.508 e. The first-order valence-corrected chi connectivity index (χ1v) is 44.8. The fourth-order valence-corrected chi connectivity index (χ4v) is 19.6. The van der Waals surface area contributed by atoms with Crippen molar-refractivity contribution in [3.8, 4) is 29.5 Å². The number of hydrogen-bond acceptors (Lipinski definition) is 26. The fraction of sp³-hybridized carbons (Fsp3) is 0.505. The number of aromatic nitrogens is 9. The molecule has 6 saturated heterocycles. The molecule has 0 atom stereocenters. The summed E-state index contributed by atoms with van der Waals surface area (Å²) in [5, 5.41) is 31.9. The number of aryl methyl sites for hydroxylation is 2. The van der Waals surface area contributed by atoms with Crippen molar-refractivity contribution in [3.05, 3.63) is 149 Å². The first kappa shape index (κ1) is 84.6. The quantitative estimate of drug-likeness (QED) is 0.0396. The van der Waals surface area contributed by atoms with Gasteiger partial charge in [-0.15, -0.1) is 11.3 Å². The Bertz CT molecular complexity index is 5220. The van der Waals surface area contributed by atoms with E-state index in [1.165, 1.54) is 112 Å². The molecule has 0 aliphatic carbocycles. The van der Waals surface area contributed by atoms with Crippen molar-refractivity contribution < 1.29 is 43.2 Å². The summed E-state index contributed by atoms with van der Waals surface area (Å²) in [6, 6.07) is 18.0. The van der Waals surface area contributed by atoms with Gasteiger partial charge in [-0.2, -0.15) is 35.0 Å². The standard InChI is InChI=1S/C32H39FN6O3.C30H39N7O3S.C29H38N8O2/c1-2-28(41)37-16-18-38(19-17-37)31-25-11-15-39(30-24-10-5-4-9-23(24)21-27(40)29(30)33)22-26(25)34-32(35-31)42-20-8-14-36-12-6-3-7-13-36;1-3-27(39)35-13-15-36(16-14-35)29-23-8-12-37(25-18-22(38)19-26-28(25)31-21(2)41-26)20-24(23)32-30(33-29)40-17-7-11-34-9-5-4-6-10-34;1-3-26(38)35-13-15-36(16-14-35)28-22-9-12-37(27-21(2)7-8-24-23(27)19-30-33-24)20-25(22)31-29(32-28)39-18-17-34-10-5-4-6-11-34/h2,4-5,9-10,21,40H,1,3,6-8,11-20,22H2;3,18-19,38H,1,4-17,20H2,2H3;3,7-8,19H,1,4-6,9-18,20H2,2H3,(H,30,33). The molecular weight excluding hydrogens is 1570 g/mol. The van der Waals surface area contributed by atoms with Crippen LogP contribution in [0, 0.1) is 19.7 Å². The zero-order chi connectivity index (χ0) is 84.2. The van der Waals surface area contributed by atoms with Crippen LogP contribution in [-0.2, 0) is 53.3 Å². The molecule has 0 saturated carbocycles. The van der Waals surface area contributed by atoms with Crippen LogP contribution in [-0.4, -0.2) is 279 Å². The molecule has 5 aromatic heterocycles. The number of thiazole rings is 1. The molecule has 9 aliphatic rings. The lowest BCUT2D eigenvalue weighted by molar-refractivity contribution is -0.127. The van der Waals surface area contributed by atoms with Gasteiger partial charge in [0.15, 0.2) is 11.6 Å². The monoisotopic (exact) mass is 1680 g/mol. The van der Waals surface area contributed by atoms with E-state index in [-0.39, 0.29) is 29.2 Å². The van der Waals surface area contributed by atoms with Gasteiger partial charge in [-0.05, 0) is 171 Å². The molecule has 0 unspecified atom stereocenters. The number of phenols is 2. The lowest BCUT2D eigenvalue weighted by Crippen LogP contribution is -2.49. The van der Waals surface area contributed by atoms with Gasteiger partial charge in [-0.25, -0.2) is 9.37 Å². The van der Waals surface area contributed by atoms with Gasteiger partial charge in [0, 0.05) is 151 Å². The second-order valence-corrected chi connectivity index (χ2v) is 34.4. The van der Waals surface area contributed by atoms with E-state index in [0.717, 1.165) is 186 Å². The first-order chi connectivity index (χ1) is 59.6. The molecule has 122 heavy (non-hydrogen) atoms. The molecule has 0 bridgehead atoms. The number of carbonyl (C=O) groups is 3. The number of fused-ring (bicyclic) bond motifs is 6. The van der Waals surface area contributed by atoms with Gasteiger partial charge in [0.2, 0.25) is 17.7 Å². The summed E-state index contributed by atoms with van der Waals surface area (Å²) in [7, 11) is 0. The maximum Gasteiger partial charge on any atom is 0.318 e. The van der Waals surface area contributed by atoms with Crippen molar-refractivity contribution in [2.75, 3.05) is 206 Å². The van der Waals surface area contributed by atoms with Crippen molar-refractivity contribution in [2.24, 2.45) is 0 Å². The number of carbonyl (C=O) groups excluding carboxylic acids is 3. The smallest absolute Gasteiger partial charge is 0.318 e. The van der Waals surface area contributed by atoms with Crippen LogP contribution in [0.1, 0.15) is 115 Å². The van der Waals surface area contributed by atoms with Crippen molar-refractivity contribution in [1.29, 1.82) is 0 Å². The average molecular weight is 1680 g/mol. The van der Waals surface area contributed by atoms with Crippen LogP contribution in [0.2, 0.25) is 0 Å². The third-order valence-corrected chi connectivity index (χ3v) is 26.1. The second kappa shape index (κ2) is 39.4. The molecule has 31 heteroatoms. The summed E-state index contributed by atoms with van der Waals surface area (Å²) in [4.78, 5) is 97.1. The zero-order valence-corrected chi connectivity index (χ0v) is 71.6. The van der Waals surface area contributed by atoms with Gasteiger partial charge < -0.3 is 78.3 Å². The summed E-state index contributed by atoms with van der Waals surface area (Å²) in [6.45, 7) is 38.3. The lowest BCUT2D eigenvalue weighted by atomic mass is 10.0. The number of halogens is 1. The van der Waals surface area contributed by atoms with Crippen LogP contribution in [0.3, 0.4) is 0 Å². The Morgan fingerprint density at radius 1 is 0.475 bits per heavy atom. The Labute approximate surface area is 717 Å². The van der Waals surface area contributed by atoms with Crippen LogP contribution in [0.15, 0.2) is 98.8 Å². The number of hydrogen-bond donors (Lipinski definition) is 3. The zero-order valence-electron chi connectivity index (χ0n) is 70.8. The number of amides is 3. The molecule has 9 aromatic rings. The van der Waals surface area contributed by atoms with Gasteiger partial charge in [0.1, 0.15) is 35.3 Å². The Hall–Kier alpha value is -11.0. The van der Waals surface area contributed by atoms with Crippen molar-refractivity contribution >= 4 is 95.5 Å². The molecule has 0 spiro atoms. The molecule has 6 fully saturated rings. The van der Waals surface area contributed by atoms with Crippen molar-refractivity contribution in [3.63, 3.8) is 0 Å². The molecule has 18 rings (SSSR count). The predicted octanol–water partition coefficient (Wildman–Crippen LogP) is 10.8. The number of likely N-dealkylation sites (tertiary alicyclic amines) is 3. The summed E-state index contributed by atoms with van der Waals surface area (Å²) >= 11 is 1.59. The molecule has 3 N–H and O–H groups in total. The summed E-state index contributed by atoms with van der Waals surface area (Å²) < 4.78 is 34.9. The number of nitrogens with zero attached hydrogens (tertiary/aromatic N) is 20. The van der Waals surface area contributed by atoms with E-state index in [1.54, 1.807) is 22.3 Å². The maximum atomic E-state index is 15.4. The average Bonchev–Trinajstić information content (AvgIpc) is 1.16. The number of H-pyrrole nitrogens is 1. The van der Waals surface area contributed by atoms with E-state index in [9.17, 15) is 24.6 Å². The minimum Gasteiger partial charge on any atom is -0.508 e. The van der Waals surface area contributed by atoms with Crippen LogP contribution in [0.25, 0.3) is 31.9 Å². The van der Waals surface area contributed by atoms with Crippen LogP contribution >= 0.6 is 11.3 Å². The number of anilines is 6. The predicted molar refractivity (Wildman–Crippen MR) is 476 cm³/mol. The highest BCUT2D eigenvalue weighted by Crippen LogP contribution is 2.43. The number of piperazine rings is 3. The maximum absolute atomic E-state index is 15.4. The molecular formula is C91H116FN21O8S. The highest BCUT2D eigenvalue weighted by atomic mass is 32.1. The number of aromatic hydroxyl groups is 2. The molecule has 9 aliphatic heterocycles. The van der Waals surface area contributed by atoms with E-state index in [4.69, 9.17) is 49.1 Å².